The van der Waals surface area contributed by atoms with Crippen molar-refractivity contribution in [1.82, 2.24) is 15.5 Å². The highest BCUT2D eigenvalue weighted by molar-refractivity contribution is 5.79. The minimum Gasteiger partial charge on any atom is -0.496 e. The molecule has 0 spiro atoms. The van der Waals surface area contributed by atoms with Gasteiger partial charge in [0.25, 0.3) is 5.69 Å². The number of aliphatic imine (C=N–C) groups is 1. The standard InChI is InChI=1S/C23H31N5O3/c1-3-24-23(25-16-18-10-4-6-12-20(18)28(29)30)26-17-21(27-14-8-9-15-27)19-11-5-7-13-22(19)31-2/h4-7,10-13,21H,3,8-9,14-17H2,1-2H3,(H2,24,25,26). The highest BCUT2D eigenvalue weighted by atomic mass is 16.6. The van der Waals surface area contributed by atoms with E-state index in [1.807, 2.05) is 25.1 Å². The first kappa shape index (κ1) is 22.6. The summed E-state index contributed by atoms with van der Waals surface area (Å²) in [7, 11) is 1.70. The van der Waals surface area contributed by atoms with Crippen LogP contribution in [0.4, 0.5) is 5.69 Å². The van der Waals surface area contributed by atoms with Crippen LogP contribution in [-0.2, 0) is 6.54 Å². The Morgan fingerprint density at radius 1 is 1.16 bits per heavy atom. The Morgan fingerprint density at radius 2 is 1.87 bits per heavy atom. The van der Waals surface area contributed by atoms with Gasteiger partial charge in [0.1, 0.15) is 5.75 Å². The summed E-state index contributed by atoms with van der Waals surface area (Å²) in [6, 6.07) is 15.0. The Bertz CT molecular complexity index is 896. The van der Waals surface area contributed by atoms with Gasteiger partial charge in [0.05, 0.1) is 30.2 Å². The van der Waals surface area contributed by atoms with E-state index < -0.39 is 0 Å². The Hall–Kier alpha value is -3.13. The highest BCUT2D eigenvalue weighted by Crippen LogP contribution is 2.31. The molecule has 2 aromatic rings. The summed E-state index contributed by atoms with van der Waals surface area (Å²) in [6.45, 7) is 5.69. The number of likely N-dealkylation sites (tertiary alicyclic amines) is 1. The summed E-state index contributed by atoms with van der Waals surface area (Å²) in [4.78, 5) is 18.0. The largest absolute Gasteiger partial charge is 0.496 e. The summed E-state index contributed by atoms with van der Waals surface area (Å²) < 4.78 is 5.62. The second kappa shape index (κ2) is 11.3. The van der Waals surface area contributed by atoms with Crippen LogP contribution in [0.3, 0.4) is 0 Å². The zero-order chi connectivity index (χ0) is 22.1. The smallest absolute Gasteiger partial charge is 0.274 e. The lowest BCUT2D eigenvalue weighted by molar-refractivity contribution is -0.385. The lowest BCUT2D eigenvalue weighted by Crippen LogP contribution is -2.42. The van der Waals surface area contributed by atoms with Gasteiger partial charge in [0.15, 0.2) is 5.96 Å². The van der Waals surface area contributed by atoms with Crippen molar-refractivity contribution < 1.29 is 9.66 Å². The van der Waals surface area contributed by atoms with E-state index in [2.05, 4.69) is 26.6 Å². The fourth-order valence-electron chi connectivity index (χ4n) is 3.95. The van der Waals surface area contributed by atoms with E-state index in [1.54, 1.807) is 25.3 Å². The SMILES string of the molecule is CCNC(=NCc1ccccc1[N+](=O)[O-])NCC(c1ccccc1OC)N1CCCC1. The second-order valence-corrected chi connectivity index (χ2v) is 7.46. The average Bonchev–Trinajstić information content (AvgIpc) is 3.32. The first-order chi connectivity index (χ1) is 15.1. The third kappa shape index (κ3) is 5.95. The van der Waals surface area contributed by atoms with Crippen LogP contribution in [0.2, 0.25) is 0 Å². The molecule has 3 rings (SSSR count). The van der Waals surface area contributed by atoms with Crippen LogP contribution in [0.15, 0.2) is 53.5 Å². The highest BCUT2D eigenvalue weighted by Gasteiger charge is 2.26. The zero-order valence-corrected chi connectivity index (χ0v) is 18.2. The molecule has 1 unspecified atom stereocenters. The average molecular weight is 426 g/mol. The maximum Gasteiger partial charge on any atom is 0.274 e. The summed E-state index contributed by atoms with van der Waals surface area (Å²) in [6.07, 6.45) is 2.38. The molecule has 2 N–H and O–H groups in total. The van der Waals surface area contributed by atoms with Crippen LogP contribution in [0.1, 0.15) is 36.9 Å². The van der Waals surface area contributed by atoms with E-state index in [0.717, 1.165) is 24.4 Å². The van der Waals surface area contributed by atoms with E-state index in [4.69, 9.17) is 4.74 Å². The number of benzene rings is 2. The van der Waals surface area contributed by atoms with E-state index in [-0.39, 0.29) is 23.2 Å². The molecule has 31 heavy (non-hydrogen) atoms. The Labute approximate surface area is 183 Å². The lowest BCUT2D eigenvalue weighted by atomic mass is 10.0. The molecule has 0 bridgehead atoms. The van der Waals surface area contributed by atoms with Crippen molar-refractivity contribution in [3.05, 3.63) is 69.8 Å². The molecule has 2 aromatic carbocycles. The molecule has 0 aliphatic carbocycles. The molecule has 0 saturated carbocycles. The number of nitro groups is 1. The quantitative estimate of drug-likeness (QED) is 0.277. The molecular weight excluding hydrogens is 394 g/mol. The Kier molecular flexibility index (Phi) is 8.23. The number of nitrogens with zero attached hydrogens (tertiary/aromatic N) is 3. The number of nitrogens with one attached hydrogen (secondary N) is 2. The maximum absolute atomic E-state index is 11.3. The normalized spacial score (nSPS) is 15.5. The molecule has 1 saturated heterocycles. The number of hydrogen-bond donors (Lipinski definition) is 2. The Morgan fingerprint density at radius 3 is 2.58 bits per heavy atom. The third-order valence-electron chi connectivity index (χ3n) is 5.48. The van der Waals surface area contributed by atoms with Crippen LogP contribution < -0.4 is 15.4 Å². The molecule has 1 heterocycles. The summed E-state index contributed by atoms with van der Waals surface area (Å²) in [5.74, 6) is 1.52. The van der Waals surface area contributed by atoms with Crippen molar-refractivity contribution in [2.45, 2.75) is 32.4 Å². The molecule has 166 valence electrons. The van der Waals surface area contributed by atoms with Crippen molar-refractivity contribution in [3.8, 4) is 5.75 Å². The van der Waals surface area contributed by atoms with E-state index in [1.165, 1.54) is 18.9 Å². The monoisotopic (exact) mass is 425 g/mol. The minimum atomic E-state index is -0.365. The van der Waals surface area contributed by atoms with Crippen LogP contribution in [0.25, 0.3) is 0 Å². The van der Waals surface area contributed by atoms with Crippen molar-refractivity contribution >= 4 is 11.6 Å². The molecule has 1 atom stereocenters. The summed E-state index contributed by atoms with van der Waals surface area (Å²) >= 11 is 0. The first-order valence-electron chi connectivity index (χ1n) is 10.8. The topological polar surface area (TPSA) is 92.0 Å². The molecule has 0 radical (unpaired) electrons. The van der Waals surface area contributed by atoms with E-state index in [0.29, 0.717) is 24.6 Å². The zero-order valence-electron chi connectivity index (χ0n) is 18.2. The van der Waals surface area contributed by atoms with Crippen molar-refractivity contribution in [1.29, 1.82) is 0 Å². The number of guanidine groups is 1. The summed E-state index contributed by atoms with van der Waals surface area (Å²) in [5.41, 5.74) is 1.82. The fraction of sp³-hybridized carbons (Fsp3) is 0.435. The molecule has 8 nitrogen and oxygen atoms in total. The number of ether oxygens (including phenoxy) is 1. The molecule has 1 fully saturated rings. The van der Waals surface area contributed by atoms with Gasteiger partial charge >= 0.3 is 0 Å². The van der Waals surface area contributed by atoms with Gasteiger partial charge in [-0.25, -0.2) is 4.99 Å². The van der Waals surface area contributed by atoms with Gasteiger partial charge in [-0.05, 0) is 38.9 Å². The number of para-hydroxylation sites is 2. The summed E-state index contributed by atoms with van der Waals surface area (Å²) in [5, 5.41) is 18.0. The van der Waals surface area contributed by atoms with Crippen molar-refractivity contribution in [3.63, 3.8) is 0 Å². The van der Waals surface area contributed by atoms with Gasteiger partial charge in [0.2, 0.25) is 0 Å². The van der Waals surface area contributed by atoms with Gasteiger partial charge in [0, 0.05) is 24.7 Å². The van der Waals surface area contributed by atoms with Gasteiger partial charge in [-0.15, -0.1) is 0 Å². The molecular formula is C23H31N5O3. The lowest BCUT2D eigenvalue weighted by Gasteiger charge is -2.30. The molecule has 0 amide bonds. The second-order valence-electron chi connectivity index (χ2n) is 7.46. The predicted molar refractivity (Wildman–Crippen MR) is 122 cm³/mol. The van der Waals surface area contributed by atoms with E-state index >= 15 is 0 Å². The van der Waals surface area contributed by atoms with Gasteiger partial charge in [-0.3, -0.25) is 15.0 Å². The maximum atomic E-state index is 11.3. The predicted octanol–water partition coefficient (Wildman–Crippen LogP) is 3.50. The molecule has 1 aliphatic rings. The fourth-order valence-corrected chi connectivity index (χ4v) is 3.95. The number of nitro benzene ring substituents is 1. The molecule has 8 heteroatoms. The number of rotatable bonds is 9. The first-order valence-corrected chi connectivity index (χ1v) is 10.8. The minimum absolute atomic E-state index is 0.0889. The van der Waals surface area contributed by atoms with Gasteiger partial charge < -0.3 is 15.4 Å². The number of methoxy groups -OCH3 is 1. The van der Waals surface area contributed by atoms with Gasteiger partial charge in [-0.1, -0.05) is 36.4 Å². The van der Waals surface area contributed by atoms with Crippen LogP contribution in [0, 0.1) is 10.1 Å². The van der Waals surface area contributed by atoms with Crippen molar-refractivity contribution in [2.75, 3.05) is 33.3 Å². The van der Waals surface area contributed by atoms with Crippen LogP contribution in [0.5, 0.6) is 5.75 Å². The number of hydrogen-bond acceptors (Lipinski definition) is 5. The molecule has 1 aliphatic heterocycles. The Balaban J connectivity index is 1.77. The van der Waals surface area contributed by atoms with Crippen LogP contribution in [-0.4, -0.2) is 49.1 Å². The van der Waals surface area contributed by atoms with Crippen LogP contribution >= 0.6 is 0 Å². The third-order valence-corrected chi connectivity index (χ3v) is 5.48. The van der Waals surface area contributed by atoms with E-state index in [9.17, 15) is 10.1 Å². The van der Waals surface area contributed by atoms with Gasteiger partial charge in [-0.2, -0.15) is 0 Å². The molecule has 0 aromatic heterocycles. The van der Waals surface area contributed by atoms with Crippen molar-refractivity contribution in [2.24, 2.45) is 4.99 Å².